The SMILES string of the molecule is CC(NC(=O)N(CCC(=O)O)C(C)C)c1ccccc1. The summed E-state index contributed by atoms with van der Waals surface area (Å²) in [5.74, 6) is -0.903. The van der Waals surface area contributed by atoms with Crippen LogP contribution in [-0.2, 0) is 4.79 Å². The number of nitrogens with one attached hydrogen (secondary N) is 1. The van der Waals surface area contributed by atoms with Crippen LogP contribution in [0.25, 0.3) is 0 Å². The smallest absolute Gasteiger partial charge is 0.318 e. The largest absolute Gasteiger partial charge is 0.481 e. The number of urea groups is 1. The lowest BCUT2D eigenvalue weighted by Gasteiger charge is -2.28. The third-order valence-electron chi connectivity index (χ3n) is 3.09. The number of benzene rings is 1. The summed E-state index contributed by atoms with van der Waals surface area (Å²) in [5.41, 5.74) is 1.02. The highest BCUT2D eigenvalue weighted by molar-refractivity contribution is 5.76. The lowest BCUT2D eigenvalue weighted by Crippen LogP contribution is -2.45. The van der Waals surface area contributed by atoms with Crippen molar-refractivity contribution in [3.05, 3.63) is 35.9 Å². The molecule has 1 rings (SSSR count). The summed E-state index contributed by atoms with van der Waals surface area (Å²) >= 11 is 0. The Morgan fingerprint density at radius 2 is 1.80 bits per heavy atom. The van der Waals surface area contributed by atoms with Crippen LogP contribution in [0.2, 0.25) is 0 Å². The summed E-state index contributed by atoms with van der Waals surface area (Å²) < 4.78 is 0. The maximum atomic E-state index is 12.2. The Kier molecular flexibility index (Phi) is 6.03. The van der Waals surface area contributed by atoms with E-state index in [1.54, 1.807) is 0 Å². The zero-order chi connectivity index (χ0) is 15.1. The van der Waals surface area contributed by atoms with Crippen LogP contribution in [0.4, 0.5) is 4.79 Å². The molecular formula is C15H22N2O3. The first-order valence-corrected chi connectivity index (χ1v) is 6.75. The number of nitrogens with zero attached hydrogens (tertiary/aromatic N) is 1. The maximum Gasteiger partial charge on any atom is 0.318 e. The van der Waals surface area contributed by atoms with Crippen molar-refractivity contribution in [1.82, 2.24) is 10.2 Å². The van der Waals surface area contributed by atoms with Gasteiger partial charge in [-0.15, -0.1) is 0 Å². The molecule has 2 N–H and O–H groups in total. The minimum atomic E-state index is -0.903. The van der Waals surface area contributed by atoms with Crippen molar-refractivity contribution in [2.45, 2.75) is 39.3 Å². The second-order valence-electron chi connectivity index (χ2n) is 5.01. The number of hydrogen-bond acceptors (Lipinski definition) is 2. The molecule has 0 fully saturated rings. The molecule has 0 aliphatic carbocycles. The van der Waals surface area contributed by atoms with Gasteiger partial charge >= 0.3 is 12.0 Å². The molecule has 110 valence electrons. The lowest BCUT2D eigenvalue weighted by atomic mass is 10.1. The molecule has 0 aromatic heterocycles. The van der Waals surface area contributed by atoms with Gasteiger partial charge in [0.25, 0.3) is 0 Å². The van der Waals surface area contributed by atoms with E-state index in [2.05, 4.69) is 5.32 Å². The summed E-state index contributed by atoms with van der Waals surface area (Å²) in [5, 5.41) is 11.6. The van der Waals surface area contributed by atoms with E-state index in [1.807, 2.05) is 51.1 Å². The van der Waals surface area contributed by atoms with Gasteiger partial charge in [-0.05, 0) is 26.3 Å². The highest BCUT2D eigenvalue weighted by Gasteiger charge is 2.19. The molecule has 0 saturated carbocycles. The average molecular weight is 278 g/mol. The summed E-state index contributed by atoms with van der Waals surface area (Å²) in [6.45, 7) is 5.85. The van der Waals surface area contributed by atoms with E-state index < -0.39 is 5.97 Å². The predicted molar refractivity (Wildman–Crippen MR) is 77.5 cm³/mol. The maximum absolute atomic E-state index is 12.2. The molecule has 0 spiro atoms. The number of carbonyl (C=O) groups excluding carboxylic acids is 1. The van der Waals surface area contributed by atoms with Gasteiger partial charge in [-0.3, -0.25) is 4.79 Å². The number of rotatable bonds is 6. The molecule has 0 aliphatic heterocycles. The Balaban J connectivity index is 2.64. The fourth-order valence-corrected chi connectivity index (χ4v) is 1.90. The fourth-order valence-electron chi connectivity index (χ4n) is 1.90. The van der Waals surface area contributed by atoms with Crippen LogP contribution in [0, 0.1) is 0 Å². The highest BCUT2D eigenvalue weighted by atomic mass is 16.4. The molecule has 1 atom stereocenters. The molecule has 2 amide bonds. The Hall–Kier alpha value is -2.04. The van der Waals surface area contributed by atoms with E-state index in [0.717, 1.165) is 5.56 Å². The van der Waals surface area contributed by atoms with Crippen LogP contribution in [0.15, 0.2) is 30.3 Å². The van der Waals surface area contributed by atoms with Gasteiger partial charge < -0.3 is 15.3 Å². The Bertz CT molecular complexity index is 446. The van der Waals surface area contributed by atoms with Gasteiger partial charge in [0.05, 0.1) is 12.5 Å². The molecule has 5 heteroatoms. The molecule has 20 heavy (non-hydrogen) atoms. The summed E-state index contributed by atoms with van der Waals surface area (Å²) in [6.07, 6.45) is -0.0503. The normalized spacial score (nSPS) is 12.0. The number of carboxylic acids is 1. The van der Waals surface area contributed by atoms with Crippen LogP contribution in [0.1, 0.15) is 38.8 Å². The van der Waals surface area contributed by atoms with E-state index in [1.165, 1.54) is 4.90 Å². The van der Waals surface area contributed by atoms with E-state index in [4.69, 9.17) is 5.11 Å². The van der Waals surface area contributed by atoms with Gasteiger partial charge in [0.1, 0.15) is 0 Å². The topological polar surface area (TPSA) is 69.6 Å². The van der Waals surface area contributed by atoms with Gasteiger partial charge in [0.15, 0.2) is 0 Å². The second-order valence-corrected chi connectivity index (χ2v) is 5.01. The monoisotopic (exact) mass is 278 g/mol. The molecule has 0 aliphatic rings. The Labute approximate surface area is 119 Å². The first kappa shape index (κ1) is 16.0. The first-order valence-electron chi connectivity index (χ1n) is 6.75. The molecule has 1 aromatic carbocycles. The van der Waals surface area contributed by atoms with Gasteiger partial charge in [-0.1, -0.05) is 30.3 Å². The Morgan fingerprint density at radius 1 is 1.20 bits per heavy atom. The van der Waals surface area contributed by atoms with Gasteiger partial charge in [0, 0.05) is 12.6 Å². The average Bonchev–Trinajstić information content (AvgIpc) is 2.39. The predicted octanol–water partition coefficient (Wildman–Crippen LogP) is 2.64. The van der Waals surface area contributed by atoms with Crippen LogP contribution in [-0.4, -0.2) is 34.6 Å². The molecule has 0 heterocycles. The van der Waals surface area contributed by atoms with Crippen LogP contribution >= 0.6 is 0 Å². The number of amides is 2. The number of hydrogen-bond donors (Lipinski definition) is 2. The van der Waals surface area contributed by atoms with Gasteiger partial charge in [-0.2, -0.15) is 0 Å². The molecule has 1 unspecified atom stereocenters. The van der Waals surface area contributed by atoms with Gasteiger partial charge in [0.2, 0.25) is 0 Å². The van der Waals surface area contributed by atoms with Crippen molar-refractivity contribution in [1.29, 1.82) is 0 Å². The summed E-state index contributed by atoms with van der Waals surface area (Å²) in [6, 6.07) is 9.25. The second kappa shape index (κ2) is 7.53. The van der Waals surface area contributed by atoms with Crippen molar-refractivity contribution in [2.75, 3.05) is 6.54 Å². The molecule has 0 bridgehead atoms. The lowest BCUT2D eigenvalue weighted by molar-refractivity contribution is -0.137. The van der Waals surface area contributed by atoms with E-state index in [-0.39, 0.29) is 31.1 Å². The minimum Gasteiger partial charge on any atom is -0.481 e. The summed E-state index contributed by atoms with van der Waals surface area (Å²) in [7, 11) is 0. The zero-order valence-corrected chi connectivity index (χ0v) is 12.2. The first-order chi connectivity index (χ1) is 9.41. The van der Waals surface area contributed by atoms with Crippen LogP contribution < -0.4 is 5.32 Å². The zero-order valence-electron chi connectivity index (χ0n) is 12.2. The Morgan fingerprint density at radius 3 is 2.30 bits per heavy atom. The third-order valence-corrected chi connectivity index (χ3v) is 3.09. The fraction of sp³-hybridized carbons (Fsp3) is 0.467. The molecule has 0 saturated heterocycles. The number of carboxylic acid groups (broad SMARTS) is 1. The standard InChI is InChI=1S/C15H22N2O3/c1-11(2)17(10-9-14(18)19)15(20)16-12(3)13-7-5-4-6-8-13/h4-8,11-12H,9-10H2,1-3H3,(H,16,20)(H,18,19). The van der Waals surface area contributed by atoms with Crippen molar-refractivity contribution >= 4 is 12.0 Å². The van der Waals surface area contributed by atoms with E-state index in [0.29, 0.717) is 0 Å². The minimum absolute atomic E-state index is 0.0441. The van der Waals surface area contributed by atoms with Gasteiger partial charge in [-0.25, -0.2) is 4.79 Å². The highest BCUT2D eigenvalue weighted by Crippen LogP contribution is 2.12. The summed E-state index contributed by atoms with van der Waals surface area (Å²) in [4.78, 5) is 24.4. The van der Waals surface area contributed by atoms with E-state index >= 15 is 0 Å². The molecular weight excluding hydrogens is 256 g/mol. The van der Waals surface area contributed by atoms with Crippen molar-refractivity contribution in [3.8, 4) is 0 Å². The number of carbonyl (C=O) groups is 2. The van der Waals surface area contributed by atoms with Crippen molar-refractivity contribution < 1.29 is 14.7 Å². The van der Waals surface area contributed by atoms with Crippen LogP contribution in [0.3, 0.4) is 0 Å². The van der Waals surface area contributed by atoms with Crippen molar-refractivity contribution in [3.63, 3.8) is 0 Å². The molecule has 0 radical (unpaired) electrons. The molecule has 5 nitrogen and oxygen atoms in total. The quantitative estimate of drug-likeness (QED) is 0.840. The van der Waals surface area contributed by atoms with Crippen molar-refractivity contribution in [2.24, 2.45) is 0 Å². The number of aliphatic carboxylic acids is 1. The molecule has 1 aromatic rings. The third kappa shape index (κ3) is 4.91. The van der Waals surface area contributed by atoms with E-state index in [9.17, 15) is 9.59 Å². The van der Waals surface area contributed by atoms with Crippen LogP contribution in [0.5, 0.6) is 0 Å².